The number of anilines is 4. The minimum Gasteiger partial charge on any atom is -0.297 e. The molecule has 4 aromatic carbocycles. The molecule has 0 amide bonds. The van der Waals surface area contributed by atoms with Gasteiger partial charge < -0.3 is 0 Å². The van der Waals surface area contributed by atoms with E-state index >= 15 is 0 Å². The second kappa shape index (κ2) is 8.66. The number of rotatable bonds is 5. The maximum Gasteiger partial charge on any atom is 0.138 e. The predicted octanol–water partition coefficient (Wildman–Crippen LogP) is 9.85. The van der Waals surface area contributed by atoms with Gasteiger partial charge in [-0.05, 0) is 52.6 Å². The molecule has 1 aliphatic carbocycles. The van der Waals surface area contributed by atoms with Gasteiger partial charge in [0.1, 0.15) is 8.22 Å². The van der Waals surface area contributed by atoms with Gasteiger partial charge in [-0.2, -0.15) is 0 Å². The molecule has 0 N–H and O–H groups in total. The van der Waals surface area contributed by atoms with Gasteiger partial charge in [0.05, 0.1) is 17.1 Å². The number of allylic oxidation sites excluding steroid dienone is 4. The fourth-order valence-corrected chi connectivity index (χ4v) is 8.24. The Morgan fingerprint density at radius 2 is 1.31 bits per heavy atom. The Bertz CT molecular complexity index is 1520. The van der Waals surface area contributed by atoms with Crippen molar-refractivity contribution in [1.29, 1.82) is 0 Å². The zero-order valence-electron chi connectivity index (χ0n) is 20.7. The van der Waals surface area contributed by atoms with Crippen molar-refractivity contribution in [2.75, 3.05) is 9.34 Å². The largest absolute Gasteiger partial charge is 0.297 e. The lowest BCUT2D eigenvalue weighted by Gasteiger charge is -2.36. The maximum atomic E-state index is 4.22. The van der Waals surface area contributed by atoms with E-state index in [2.05, 4.69) is 139 Å². The van der Waals surface area contributed by atoms with Crippen LogP contribution in [0.15, 0.2) is 134 Å². The number of para-hydroxylation sites is 3. The Kier molecular flexibility index (Phi) is 5.43. The summed E-state index contributed by atoms with van der Waals surface area (Å²) in [7, 11) is -1.01. The first kappa shape index (κ1) is 22.6. The fourth-order valence-electron chi connectivity index (χ4n) is 5.73. The SMILES string of the molecule is C=C/C=C(\C=C)P1N(c2ccccc2)c2ccccc2N1c1cccc2c1C(C)(C)c1ccccc1-2. The Morgan fingerprint density at radius 3 is 2.03 bits per heavy atom. The van der Waals surface area contributed by atoms with Crippen LogP contribution >= 0.6 is 8.22 Å². The third-order valence-electron chi connectivity index (χ3n) is 7.23. The Labute approximate surface area is 215 Å². The molecule has 2 nitrogen and oxygen atoms in total. The fraction of sp³-hybridized carbons (Fsp3) is 0.0909. The quantitative estimate of drug-likeness (QED) is 0.205. The van der Waals surface area contributed by atoms with E-state index in [4.69, 9.17) is 0 Å². The van der Waals surface area contributed by atoms with Crippen LogP contribution in [0.25, 0.3) is 11.1 Å². The van der Waals surface area contributed by atoms with Crippen molar-refractivity contribution in [2.45, 2.75) is 19.3 Å². The summed E-state index contributed by atoms with van der Waals surface area (Å²) in [6, 6.07) is 35.1. The highest BCUT2D eigenvalue weighted by molar-refractivity contribution is 7.67. The molecule has 0 fully saturated rings. The van der Waals surface area contributed by atoms with Crippen molar-refractivity contribution in [2.24, 2.45) is 0 Å². The maximum absolute atomic E-state index is 4.22. The monoisotopic (exact) mass is 484 g/mol. The van der Waals surface area contributed by atoms with Gasteiger partial charge in [0.2, 0.25) is 0 Å². The molecule has 6 rings (SSSR count). The van der Waals surface area contributed by atoms with E-state index in [0.717, 1.165) is 5.31 Å². The summed E-state index contributed by atoms with van der Waals surface area (Å²) in [5.41, 5.74) is 10.2. The van der Waals surface area contributed by atoms with Crippen LogP contribution in [0.2, 0.25) is 0 Å². The highest BCUT2D eigenvalue weighted by Gasteiger charge is 2.44. The molecule has 1 aliphatic heterocycles. The van der Waals surface area contributed by atoms with Crippen LogP contribution in [0.1, 0.15) is 25.0 Å². The van der Waals surface area contributed by atoms with Gasteiger partial charge >= 0.3 is 0 Å². The minimum absolute atomic E-state index is 0.116. The van der Waals surface area contributed by atoms with E-state index in [9.17, 15) is 0 Å². The lowest BCUT2D eigenvalue weighted by Crippen LogP contribution is -2.21. The second-order valence-corrected chi connectivity index (χ2v) is 11.5. The van der Waals surface area contributed by atoms with Gasteiger partial charge in [-0.1, -0.05) is 112 Å². The molecule has 1 heterocycles. The molecule has 1 atom stereocenters. The van der Waals surface area contributed by atoms with E-state index in [-0.39, 0.29) is 5.41 Å². The molecule has 2 aliphatic rings. The molecule has 0 radical (unpaired) electrons. The molecule has 0 saturated heterocycles. The molecule has 0 bridgehead atoms. The molecule has 0 saturated carbocycles. The van der Waals surface area contributed by atoms with Crippen LogP contribution in [0, 0.1) is 0 Å². The van der Waals surface area contributed by atoms with Crippen molar-refractivity contribution < 1.29 is 0 Å². The molecule has 0 aromatic heterocycles. The number of fused-ring (bicyclic) bond motifs is 4. The predicted molar refractivity (Wildman–Crippen MR) is 157 cm³/mol. The molecule has 3 heteroatoms. The van der Waals surface area contributed by atoms with Crippen LogP contribution in [-0.2, 0) is 5.41 Å². The highest BCUT2D eigenvalue weighted by atomic mass is 31.1. The number of hydrogen-bond acceptors (Lipinski definition) is 2. The highest BCUT2D eigenvalue weighted by Crippen LogP contribution is 2.70. The third kappa shape index (κ3) is 3.22. The summed E-state index contributed by atoms with van der Waals surface area (Å²) in [5, 5.41) is 1.16. The molecule has 36 heavy (non-hydrogen) atoms. The third-order valence-corrected chi connectivity index (χ3v) is 9.66. The van der Waals surface area contributed by atoms with Crippen LogP contribution in [0.5, 0.6) is 0 Å². The average Bonchev–Trinajstić information content (AvgIpc) is 3.38. The zero-order valence-corrected chi connectivity index (χ0v) is 21.6. The molecular weight excluding hydrogens is 455 g/mol. The normalized spacial score (nSPS) is 17.4. The van der Waals surface area contributed by atoms with Crippen molar-refractivity contribution in [3.63, 3.8) is 0 Å². The van der Waals surface area contributed by atoms with Crippen LogP contribution in [0.4, 0.5) is 22.7 Å². The first-order valence-corrected chi connectivity index (χ1v) is 13.6. The first-order chi connectivity index (χ1) is 17.6. The van der Waals surface area contributed by atoms with E-state index < -0.39 is 8.22 Å². The Hall–Kier alpha value is -3.87. The van der Waals surface area contributed by atoms with E-state index in [1.54, 1.807) is 0 Å². The summed E-state index contributed by atoms with van der Waals surface area (Å²) in [5.74, 6) is 0. The Morgan fingerprint density at radius 1 is 0.694 bits per heavy atom. The van der Waals surface area contributed by atoms with Gasteiger partial charge in [-0.3, -0.25) is 9.34 Å². The van der Waals surface area contributed by atoms with E-state index in [1.165, 1.54) is 45.0 Å². The molecule has 176 valence electrons. The molecule has 0 spiro atoms. The van der Waals surface area contributed by atoms with Crippen LogP contribution in [0.3, 0.4) is 0 Å². The lowest BCUT2D eigenvalue weighted by atomic mass is 9.81. The summed E-state index contributed by atoms with van der Waals surface area (Å²) >= 11 is 0. The number of benzene rings is 4. The number of hydrogen-bond donors (Lipinski definition) is 0. The van der Waals surface area contributed by atoms with Crippen molar-refractivity contribution >= 4 is 31.0 Å². The average molecular weight is 485 g/mol. The first-order valence-electron chi connectivity index (χ1n) is 12.3. The van der Waals surface area contributed by atoms with Crippen molar-refractivity contribution in [1.82, 2.24) is 0 Å². The van der Waals surface area contributed by atoms with Gasteiger partial charge in [0.25, 0.3) is 0 Å². The lowest BCUT2D eigenvalue weighted by molar-refractivity contribution is 0.661. The van der Waals surface area contributed by atoms with Crippen LogP contribution in [-0.4, -0.2) is 0 Å². The van der Waals surface area contributed by atoms with Crippen molar-refractivity contribution in [3.8, 4) is 11.1 Å². The van der Waals surface area contributed by atoms with Gasteiger partial charge in [0.15, 0.2) is 0 Å². The van der Waals surface area contributed by atoms with Crippen molar-refractivity contribution in [3.05, 3.63) is 145 Å². The summed E-state index contributed by atoms with van der Waals surface area (Å²) in [6.07, 6.45) is 5.97. The molecular formula is C33H29N2P. The number of nitrogens with zero attached hydrogens (tertiary/aromatic N) is 2. The standard InChI is InChI=1S/C33H29N2P/c1-5-15-25(6-2)36-34(24-16-8-7-9-17-24)29-21-12-13-22-30(29)35(36)31-23-14-19-27-26-18-10-11-20-28(26)33(3,4)32(27)31/h5-23H,1-2H2,3-4H3/b25-15+. The Balaban J connectivity index is 1.66. The molecule has 4 aromatic rings. The van der Waals surface area contributed by atoms with E-state index in [1.807, 2.05) is 12.2 Å². The van der Waals surface area contributed by atoms with Gasteiger partial charge in [0, 0.05) is 16.4 Å². The zero-order chi connectivity index (χ0) is 24.9. The second-order valence-electron chi connectivity index (χ2n) is 9.64. The molecule has 1 unspecified atom stereocenters. The van der Waals surface area contributed by atoms with E-state index in [0.29, 0.717) is 0 Å². The van der Waals surface area contributed by atoms with Crippen LogP contribution < -0.4 is 9.34 Å². The summed E-state index contributed by atoms with van der Waals surface area (Å²) in [6.45, 7) is 13.0. The van der Waals surface area contributed by atoms with Gasteiger partial charge in [-0.15, -0.1) is 0 Å². The van der Waals surface area contributed by atoms with Gasteiger partial charge in [-0.25, -0.2) is 0 Å². The summed E-state index contributed by atoms with van der Waals surface area (Å²) in [4.78, 5) is 0. The minimum atomic E-state index is -1.01. The topological polar surface area (TPSA) is 6.48 Å². The summed E-state index contributed by atoms with van der Waals surface area (Å²) < 4.78 is 5.04. The smallest absolute Gasteiger partial charge is 0.138 e.